The van der Waals surface area contributed by atoms with Crippen LogP contribution in [0, 0.1) is 0 Å². The summed E-state index contributed by atoms with van der Waals surface area (Å²) in [5.41, 5.74) is 7.20. The Balaban J connectivity index is 2.25. The molecule has 0 aliphatic carbocycles. The number of anilines is 1. The molecule has 0 saturated carbocycles. The van der Waals surface area contributed by atoms with Crippen LogP contribution in [0.4, 0.5) is 5.69 Å². The minimum Gasteiger partial charge on any atom is -0.506 e. The molecule has 0 radical (unpaired) electrons. The van der Waals surface area contributed by atoms with Crippen LogP contribution >= 0.6 is 0 Å². The number of nitrogen functional groups attached to an aromatic ring is 1. The summed E-state index contributed by atoms with van der Waals surface area (Å²) in [4.78, 5) is 18.4. The molecule has 1 heterocycles. The molecule has 2 aromatic rings. The summed E-state index contributed by atoms with van der Waals surface area (Å²) in [5.74, 6) is -0.227. The molecule has 110 valence electrons. The number of nitrogens with two attached hydrogens (primary N) is 1. The fraction of sp³-hybridized carbons (Fsp3) is 0.250. The third-order valence-electron chi connectivity index (χ3n) is 3.24. The number of carbonyl (C=O) groups is 1. The van der Waals surface area contributed by atoms with E-state index in [2.05, 4.69) is 4.98 Å². The van der Waals surface area contributed by atoms with Crippen molar-refractivity contribution in [3.63, 3.8) is 0 Å². The highest BCUT2D eigenvalue weighted by molar-refractivity contribution is 5.95. The van der Waals surface area contributed by atoms with Gasteiger partial charge in [-0.15, -0.1) is 0 Å². The van der Waals surface area contributed by atoms with E-state index in [4.69, 9.17) is 5.73 Å². The molecule has 1 aromatic heterocycles. The van der Waals surface area contributed by atoms with Crippen LogP contribution in [-0.4, -0.2) is 26.9 Å². The molecule has 0 bridgehead atoms. The van der Waals surface area contributed by atoms with E-state index in [1.54, 1.807) is 23.4 Å². The average molecular weight is 285 g/mol. The summed E-state index contributed by atoms with van der Waals surface area (Å²) in [6.07, 6.45) is 3.44. The number of rotatable bonds is 4. The fourth-order valence-corrected chi connectivity index (χ4v) is 2.02. The third-order valence-corrected chi connectivity index (χ3v) is 3.24. The number of aromatic hydroxyl groups is 1. The molecule has 3 N–H and O–H groups in total. The van der Waals surface area contributed by atoms with Crippen LogP contribution in [0.15, 0.2) is 42.7 Å². The molecule has 0 atom stereocenters. The van der Waals surface area contributed by atoms with Gasteiger partial charge in [-0.25, -0.2) is 0 Å². The molecule has 1 aromatic carbocycles. The zero-order valence-electron chi connectivity index (χ0n) is 12.2. The van der Waals surface area contributed by atoms with E-state index < -0.39 is 0 Å². The van der Waals surface area contributed by atoms with E-state index >= 15 is 0 Å². The zero-order chi connectivity index (χ0) is 15.4. The highest BCUT2D eigenvalue weighted by Crippen LogP contribution is 2.22. The summed E-state index contributed by atoms with van der Waals surface area (Å²) in [6, 6.07) is 8.35. The number of phenolic OH excluding ortho intramolecular Hbond substituents is 1. The Labute approximate surface area is 124 Å². The van der Waals surface area contributed by atoms with Crippen LogP contribution in [0.3, 0.4) is 0 Å². The van der Waals surface area contributed by atoms with Gasteiger partial charge < -0.3 is 15.7 Å². The molecule has 0 fully saturated rings. The molecule has 5 heteroatoms. The molecule has 2 rings (SSSR count). The number of phenols is 1. The van der Waals surface area contributed by atoms with Gasteiger partial charge in [0.1, 0.15) is 5.75 Å². The van der Waals surface area contributed by atoms with E-state index in [0.29, 0.717) is 12.1 Å². The fourth-order valence-electron chi connectivity index (χ4n) is 2.02. The van der Waals surface area contributed by atoms with Gasteiger partial charge in [0.25, 0.3) is 5.91 Å². The normalized spacial score (nSPS) is 10.6. The molecule has 1 amide bonds. The van der Waals surface area contributed by atoms with Crippen molar-refractivity contribution < 1.29 is 9.90 Å². The zero-order valence-corrected chi connectivity index (χ0v) is 12.2. The number of aromatic nitrogens is 1. The number of benzene rings is 1. The number of hydrogen-bond donors (Lipinski definition) is 2. The van der Waals surface area contributed by atoms with Crippen LogP contribution in [0.25, 0.3) is 0 Å². The number of hydrogen-bond acceptors (Lipinski definition) is 4. The van der Waals surface area contributed by atoms with Gasteiger partial charge in [0.05, 0.1) is 5.69 Å². The Kier molecular flexibility index (Phi) is 4.42. The number of amides is 1. The molecule has 0 aliphatic heterocycles. The second-order valence-electron chi connectivity index (χ2n) is 5.16. The number of nitrogens with zero attached hydrogens (tertiary/aromatic N) is 2. The molecule has 0 spiro atoms. The van der Waals surface area contributed by atoms with Crippen LogP contribution in [0.1, 0.15) is 29.8 Å². The van der Waals surface area contributed by atoms with Gasteiger partial charge in [0.15, 0.2) is 0 Å². The third kappa shape index (κ3) is 3.51. The maximum Gasteiger partial charge on any atom is 0.254 e. The Morgan fingerprint density at radius 2 is 2.14 bits per heavy atom. The SMILES string of the molecule is CC(C)N(Cc1cccnc1)C(=O)c1ccc(N)c(O)c1. The summed E-state index contributed by atoms with van der Waals surface area (Å²) < 4.78 is 0. The lowest BCUT2D eigenvalue weighted by atomic mass is 10.1. The minimum absolute atomic E-state index is 0.0254. The van der Waals surface area contributed by atoms with Crippen molar-refractivity contribution in [3.05, 3.63) is 53.9 Å². The second-order valence-corrected chi connectivity index (χ2v) is 5.16. The second kappa shape index (κ2) is 6.26. The quantitative estimate of drug-likeness (QED) is 0.668. The molecule has 5 nitrogen and oxygen atoms in total. The highest BCUT2D eigenvalue weighted by atomic mass is 16.3. The predicted molar refractivity (Wildman–Crippen MR) is 81.8 cm³/mol. The van der Waals surface area contributed by atoms with E-state index in [1.165, 1.54) is 12.1 Å². The first kappa shape index (κ1) is 14.8. The average Bonchev–Trinajstić information content (AvgIpc) is 2.47. The van der Waals surface area contributed by atoms with Gasteiger partial charge in [-0.1, -0.05) is 6.07 Å². The first-order chi connectivity index (χ1) is 9.99. The van der Waals surface area contributed by atoms with Crippen LogP contribution in [0.5, 0.6) is 5.75 Å². The predicted octanol–water partition coefficient (Wildman–Crippen LogP) is 2.42. The van der Waals surface area contributed by atoms with E-state index in [0.717, 1.165) is 5.56 Å². The van der Waals surface area contributed by atoms with Crippen LogP contribution < -0.4 is 5.73 Å². The van der Waals surface area contributed by atoms with Crippen molar-refractivity contribution in [1.29, 1.82) is 0 Å². The van der Waals surface area contributed by atoms with E-state index in [-0.39, 0.29) is 23.4 Å². The lowest BCUT2D eigenvalue weighted by Gasteiger charge is -2.27. The largest absolute Gasteiger partial charge is 0.506 e. The van der Waals surface area contributed by atoms with Crippen molar-refractivity contribution in [3.8, 4) is 5.75 Å². The van der Waals surface area contributed by atoms with Crippen molar-refractivity contribution in [1.82, 2.24) is 9.88 Å². The summed E-state index contributed by atoms with van der Waals surface area (Å²) in [5, 5.41) is 9.65. The summed E-state index contributed by atoms with van der Waals surface area (Å²) in [7, 11) is 0. The highest BCUT2D eigenvalue weighted by Gasteiger charge is 2.20. The molecule has 21 heavy (non-hydrogen) atoms. The maximum absolute atomic E-state index is 12.6. The van der Waals surface area contributed by atoms with Crippen LogP contribution in [0.2, 0.25) is 0 Å². The summed E-state index contributed by atoms with van der Waals surface area (Å²) in [6.45, 7) is 4.37. The Morgan fingerprint density at radius 1 is 1.38 bits per heavy atom. The van der Waals surface area contributed by atoms with E-state index in [1.807, 2.05) is 26.0 Å². The van der Waals surface area contributed by atoms with Gasteiger partial charge in [-0.2, -0.15) is 0 Å². The summed E-state index contributed by atoms with van der Waals surface area (Å²) >= 11 is 0. The first-order valence-corrected chi connectivity index (χ1v) is 6.77. The number of pyridine rings is 1. The first-order valence-electron chi connectivity index (χ1n) is 6.77. The molecular formula is C16H19N3O2. The van der Waals surface area contributed by atoms with Gasteiger partial charge in [0, 0.05) is 30.5 Å². The van der Waals surface area contributed by atoms with Crippen LogP contribution in [-0.2, 0) is 6.54 Å². The van der Waals surface area contributed by atoms with Crippen molar-refractivity contribution in [2.45, 2.75) is 26.4 Å². The number of carbonyl (C=O) groups excluding carboxylic acids is 1. The Bertz CT molecular complexity index is 627. The van der Waals surface area contributed by atoms with Crippen molar-refractivity contribution in [2.24, 2.45) is 0 Å². The lowest BCUT2D eigenvalue weighted by molar-refractivity contribution is 0.0690. The molecule has 0 aliphatic rings. The Morgan fingerprint density at radius 3 is 2.71 bits per heavy atom. The maximum atomic E-state index is 12.6. The van der Waals surface area contributed by atoms with Gasteiger partial charge in [0.2, 0.25) is 0 Å². The molecule has 0 saturated heterocycles. The lowest BCUT2D eigenvalue weighted by Crippen LogP contribution is -2.36. The van der Waals surface area contributed by atoms with E-state index in [9.17, 15) is 9.90 Å². The topological polar surface area (TPSA) is 79.5 Å². The van der Waals surface area contributed by atoms with Gasteiger partial charge in [-0.3, -0.25) is 9.78 Å². The van der Waals surface area contributed by atoms with Gasteiger partial charge >= 0.3 is 0 Å². The molecule has 0 unspecified atom stereocenters. The van der Waals surface area contributed by atoms with Crippen molar-refractivity contribution in [2.75, 3.05) is 5.73 Å². The monoisotopic (exact) mass is 285 g/mol. The smallest absolute Gasteiger partial charge is 0.254 e. The van der Waals surface area contributed by atoms with Gasteiger partial charge in [-0.05, 0) is 43.7 Å². The van der Waals surface area contributed by atoms with Crippen molar-refractivity contribution >= 4 is 11.6 Å². The Hall–Kier alpha value is -2.56. The molecular weight excluding hydrogens is 266 g/mol. The minimum atomic E-state index is -0.149. The standard InChI is InChI=1S/C16H19N3O2/c1-11(2)19(10-12-4-3-7-18-9-12)16(21)13-5-6-14(17)15(20)8-13/h3-9,11,20H,10,17H2,1-2H3.